The molecule has 0 bridgehead atoms. The molecule has 3 nitrogen and oxygen atoms in total. The molecule has 0 aliphatic carbocycles. The quantitative estimate of drug-likeness (QED) is 0.825. The Morgan fingerprint density at radius 1 is 1.18 bits per heavy atom. The third kappa shape index (κ3) is 3.18. The summed E-state index contributed by atoms with van der Waals surface area (Å²) in [5.41, 5.74) is 1.59. The molecule has 0 aromatic heterocycles. The minimum atomic E-state index is -0.479. The van der Waals surface area contributed by atoms with Gasteiger partial charge in [0.15, 0.2) is 6.61 Å². The van der Waals surface area contributed by atoms with Gasteiger partial charge in [-0.3, -0.25) is 4.79 Å². The van der Waals surface area contributed by atoms with Gasteiger partial charge in [-0.05, 0) is 35.9 Å². The Balaban J connectivity index is 1.85. The topological polar surface area (TPSA) is 29.5 Å². The molecule has 0 spiro atoms. The van der Waals surface area contributed by atoms with Crippen LogP contribution in [0.4, 0.5) is 4.39 Å². The van der Waals surface area contributed by atoms with Gasteiger partial charge in [0.1, 0.15) is 11.6 Å². The van der Waals surface area contributed by atoms with Crippen molar-refractivity contribution in [3.63, 3.8) is 0 Å². The Labute approximate surface area is 137 Å². The maximum absolute atomic E-state index is 13.2. The lowest BCUT2D eigenvalue weighted by Crippen LogP contribution is -2.31. The van der Waals surface area contributed by atoms with E-state index in [9.17, 15) is 9.18 Å². The van der Waals surface area contributed by atoms with Crippen LogP contribution in [0.25, 0.3) is 0 Å². The van der Waals surface area contributed by atoms with Crippen LogP contribution in [0, 0.1) is 5.82 Å². The van der Waals surface area contributed by atoms with Crippen molar-refractivity contribution in [2.45, 2.75) is 13.1 Å². The maximum atomic E-state index is 13.2. The molecular formula is C16H12Cl2FNO2. The first-order chi connectivity index (χ1) is 10.5. The molecule has 2 aromatic carbocycles. The molecule has 22 heavy (non-hydrogen) atoms. The average Bonchev–Trinajstić information content (AvgIpc) is 2.63. The second-order valence-electron chi connectivity index (χ2n) is 5.04. The summed E-state index contributed by atoms with van der Waals surface area (Å²) in [5.74, 6) is 0.0261. The highest BCUT2D eigenvalue weighted by molar-refractivity contribution is 6.31. The second-order valence-corrected chi connectivity index (χ2v) is 5.88. The number of carbonyl (C=O) groups excluding carboxylic acids is 1. The molecule has 0 N–H and O–H groups in total. The molecule has 114 valence electrons. The van der Waals surface area contributed by atoms with E-state index in [-0.39, 0.29) is 17.5 Å². The van der Waals surface area contributed by atoms with Crippen LogP contribution in [-0.2, 0) is 17.9 Å². The fourth-order valence-corrected chi connectivity index (χ4v) is 2.74. The predicted octanol–water partition coefficient (Wildman–Crippen LogP) is 4.05. The number of benzene rings is 2. The molecule has 1 aliphatic rings. The largest absolute Gasteiger partial charge is 0.483 e. The second kappa shape index (κ2) is 6.15. The van der Waals surface area contributed by atoms with E-state index in [1.165, 1.54) is 12.1 Å². The van der Waals surface area contributed by atoms with Gasteiger partial charge in [-0.2, -0.15) is 0 Å². The minimum absolute atomic E-state index is 0.0381. The number of amides is 1. The number of carbonyl (C=O) groups is 1. The number of halogens is 3. The van der Waals surface area contributed by atoms with Gasteiger partial charge < -0.3 is 9.64 Å². The normalized spacial score (nSPS) is 14.3. The number of hydrogen-bond acceptors (Lipinski definition) is 2. The molecule has 1 amide bonds. The van der Waals surface area contributed by atoms with Crippen molar-refractivity contribution in [2.24, 2.45) is 0 Å². The van der Waals surface area contributed by atoms with Gasteiger partial charge in [0.05, 0.1) is 5.02 Å². The molecule has 3 rings (SSSR count). The van der Waals surface area contributed by atoms with E-state index in [1.807, 2.05) is 0 Å². The van der Waals surface area contributed by atoms with Crippen LogP contribution in [0.5, 0.6) is 5.75 Å². The molecule has 1 heterocycles. The Hall–Kier alpha value is -1.78. The van der Waals surface area contributed by atoms with E-state index in [2.05, 4.69) is 0 Å². The highest BCUT2D eigenvalue weighted by atomic mass is 35.5. The van der Waals surface area contributed by atoms with E-state index >= 15 is 0 Å². The zero-order valence-corrected chi connectivity index (χ0v) is 13.0. The van der Waals surface area contributed by atoms with Crippen LogP contribution in [-0.4, -0.2) is 17.4 Å². The van der Waals surface area contributed by atoms with Crippen LogP contribution in [0.2, 0.25) is 10.0 Å². The fourth-order valence-electron chi connectivity index (χ4n) is 2.34. The van der Waals surface area contributed by atoms with Gasteiger partial charge in [0, 0.05) is 23.7 Å². The summed E-state index contributed by atoms with van der Waals surface area (Å²) in [4.78, 5) is 13.8. The Kier molecular flexibility index (Phi) is 4.23. The summed E-state index contributed by atoms with van der Waals surface area (Å²) < 4.78 is 18.7. The molecule has 0 saturated carbocycles. The lowest BCUT2D eigenvalue weighted by Gasteiger charge is -2.20. The Morgan fingerprint density at radius 3 is 2.77 bits per heavy atom. The number of nitrogens with zero attached hydrogens (tertiary/aromatic N) is 1. The first kappa shape index (κ1) is 15.1. The SMILES string of the molecule is O=C1COc2ccc(Cl)cc2CN1Cc1ccc(F)c(Cl)c1. The Morgan fingerprint density at radius 2 is 2.00 bits per heavy atom. The van der Waals surface area contributed by atoms with Crippen LogP contribution < -0.4 is 4.74 Å². The lowest BCUT2D eigenvalue weighted by atomic mass is 10.1. The van der Waals surface area contributed by atoms with E-state index in [1.54, 1.807) is 29.2 Å². The van der Waals surface area contributed by atoms with Gasteiger partial charge in [0.25, 0.3) is 5.91 Å². The molecule has 0 fully saturated rings. The minimum Gasteiger partial charge on any atom is -0.483 e. The monoisotopic (exact) mass is 339 g/mol. The van der Waals surface area contributed by atoms with Crippen molar-refractivity contribution in [1.29, 1.82) is 0 Å². The zero-order valence-electron chi connectivity index (χ0n) is 11.5. The number of ether oxygens (including phenoxy) is 1. The van der Waals surface area contributed by atoms with Gasteiger partial charge in [-0.15, -0.1) is 0 Å². The van der Waals surface area contributed by atoms with Crippen LogP contribution in [0.3, 0.4) is 0 Å². The summed E-state index contributed by atoms with van der Waals surface area (Å²) in [6.45, 7) is 0.668. The third-order valence-electron chi connectivity index (χ3n) is 3.45. The van der Waals surface area contributed by atoms with Crippen molar-refractivity contribution in [3.05, 3.63) is 63.4 Å². The lowest BCUT2D eigenvalue weighted by molar-refractivity contribution is -0.133. The maximum Gasteiger partial charge on any atom is 0.261 e. The molecule has 0 atom stereocenters. The molecule has 0 radical (unpaired) electrons. The van der Waals surface area contributed by atoms with Crippen LogP contribution in [0.15, 0.2) is 36.4 Å². The highest BCUT2D eigenvalue weighted by Crippen LogP contribution is 2.27. The predicted molar refractivity (Wildman–Crippen MR) is 82.6 cm³/mol. The van der Waals surface area contributed by atoms with Gasteiger partial charge >= 0.3 is 0 Å². The van der Waals surface area contributed by atoms with E-state index in [0.717, 1.165) is 11.1 Å². The molecule has 0 unspecified atom stereocenters. The van der Waals surface area contributed by atoms with Gasteiger partial charge in [0.2, 0.25) is 0 Å². The van der Waals surface area contributed by atoms with Crippen molar-refractivity contribution in [1.82, 2.24) is 4.90 Å². The highest BCUT2D eigenvalue weighted by Gasteiger charge is 2.22. The summed E-state index contributed by atoms with van der Waals surface area (Å²) in [7, 11) is 0. The smallest absolute Gasteiger partial charge is 0.261 e. The van der Waals surface area contributed by atoms with Crippen molar-refractivity contribution in [2.75, 3.05) is 6.61 Å². The zero-order chi connectivity index (χ0) is 15.7. The summed E-state index contributed by atoms with van der Waals surface area (Å²) in [6, 6.07) is 9.68. The van der Waals surface area contributed by atoms with Crippen LogP contribution in [0.1, 0.15) is 11.1 Å². The van der Waals surface area contributed by atoms with E-state index < -0.39 is 5.82 Å². The first-order valence-electron chi connectivity index (χ1n) is 6.66. The van der Waals surface area contributed by atoms with E-state index in [4.69, 9.17) is 27.9 Å². The standard InChI is InChI=1S/C16H12Cl2FNO2/c17-12-2-4-15-11(6-12)8-20(16(21)9-22-15)7-10-1-3-14(19)13(18)5-10/h1-6H,7-9H2. The molecule has 0 saturated heterocycles. The summed E-state index contributed by atoms with van der Waals surface area (Å²) in [5, 5.41) is 0.626. The van der Waals surface area contributed by atoms with E-state index in [0.29, 0.717) is 23.9 Å². The number of fused-ring (bicyclic) bond motifs is 1. The number of hydrogen-bond donors (Lipinski definition) is 0. The third-order valence-corrected chi connectivity index (χ3v) is 3.97. The van der Waals surface area contributed by atoms with Crippen LogP contribution >= 0.6 is 23.2 Å². The van der Waals surface area contributed by atoms with Crippen molar-refractivity contribution >= 4 is 29.1 Å². The van der Waals surface area contributed by atoms with Gasteiger partial charge in [-0.1, -0.05) is 29.3 Å². The van der Waals surface area contributed by atoms with Crippen molar-refractivity contribution in [3.8, 4) is 5.75 Å². The van der Waals surface area contributed by atoms with Gasteiger partial charge in [-0.25, -0.2) is 4.39 Å². The average molecular weight is 340 g/mol. The molecule has 2 aromatic rings. The Bertz CT molecular complexity index is 736. The summed E-state index contributed by atoms with van der Waals surface area (Å²) in [6.07, 6.45) is 0. The fraction of sp³-hybridized carbons (Fsp3) is 0.188. The molecule has 1 aliphatic heterocycles. The first-order valence-corrected chi connectivity index (χ1v) is 7.41. The number of rotatable bonds is 2. The molecule has 6 heteroatoms. The summed E-state index contributed by atoms with van der Waals surface area (Å²) >= 11 is 11.8. The molecular weight excluding hydrogens is 328 g/mol. The van der Waals surface area contributed by atoms with Crippen molar-refractivity contribution < 1.29 is 13.9 Å².